The Labute approximate surface area is 221 Å². The van der Waals surface area contributed by atoms with Gasteiger partial charge in [0.15, 0.2) is 10.9 Å². The largest absolute Gasteiger partial charge is 0.451 e. The fraction of sp³-hybridized carbons (Fsp3) is 0.207. The minimum absolute atomic E-state index is 0.0771. The summed E-state index contributed by atoms with van der Waals surface area (Å²) in [6.45, 7) is 6.67. The average Bonchev–Trinajstić information content (AvgIpc) is 3.35. The molecule has 7 nitrogen and oxygen atoms in total. The zero-order valence-electron chi connectivity index (χ0n) is 20.8. The third-order valence-electron chi connectivity index (χ3n) is 6.69. The number of hydrogen-bond acceptors (Lipinski definition) is 5. The van der Waals surface area contributed by atoms with Crippen LogP contribution in [-0.4, -0.2) is 48.0 Å². The van der Waals surface area contributed by atoms with Crippen LogP contribution in [0.25, 0.3) is 11.0 Å². The fourth-order valence-corrected chi connectivity index (χ4v) is 4.60. The van der Waals surface area contributed by atoms with Crippen LogP contribution in [-0.2, 0) is 0 Å². The standard InChI is InChI=1S/C29H28N4O3S/c1-19-7-8-22(17-20(19)2)27(34)31-29(37)30-23-9-11-24(12-10-23)32-13-15-33(16-14-32)28(35)26-18-21-5-3-4-6-25(21)36-26/h3-12,17-18H,13-16H2,1-2H3,(H2,30,31,34,37). The Morgan fingerprint density at radius 2 is 1.59 bits per heavy atom. The molecule has 0 radical (unpaired) electrons. The quantitative estimate of drug-likeness (QED) is 0.369. The molecule has 2 N–H and O–H groups in total. The number of carbonyl (C=O) groups excluding carboxylic acids is 2. The summed E-state index contributed by atoms with van der Waals surface area (Å²) in [5.41, 5.74) is 5.33. The molecule has 188 valence electrons. The Morgan fingerprint density at radius 1 is 0.865 bits per heavy atom. The number of furan rings is 1. The van der Waals surface area contributed by atoms with Crippen molar-refractivity contribution in [2.24, 2.45) is 0 Å². The summed E-state index contributed by atoms with van der Waals surface area (Å²) in [5.74, 6) is 0.0599. The molecular formula is C29H28N4O3S. The fourth-order valence-electron chi connectivity index (χ4n) is 4.39. The predicted octanol–water partition coefficient (Wildman–Crippen LogP) is 5.14. The highest BCUT2D eigenvalue weighted by atomic mass is 32.1. The van der Waals surface area contributed by atoms with E-state index in [9.17, 15) is 9.59 Å². The van der Waals surface area contributed by atoms with Crippen molar-refractivity contribution in [2.45, 2.75) is 13.8 Å². The third-order valence-corrected chi connectivity index (χ3v) is 6.89. The first-order valence-corrected chi connectivity index (χ1v) is 12.6. The summed E-state index contributed by atoms with van der Waals surface area (Å²) in [4.78, 5) is 29.5. The molecule has 1 saturated heterocycles. The van der Waals surface area contributed by atoms with Crippen LogP contribution in [0.3, 0.4) is 0 Å². The Hall–Kier alpha value is -4.17. The van der Waals surface area contributed by atoms with Gasteiger partial charge < -0.3 is 19.5 Å². The summed E-state index contributed by atoms with van der Waals surface area (Å²) < 4.78 is 5.75. The van der Waals surface area contributed by atoms with Crippen molar-refractivity contribution in [3.05, 3.63) is 95.2 Å². The van der Waals surface area contributed by atoms with E-state index in [0.29, 0.717) is 24.4 Å². The number of benzene rings is 3. The highest BCUT2D eigenvalue weighted by Gasteiger charge is 2.24. The Balaban J connectivity index is 1.13. The van der Waals surface area contributed by atoms with Crippen LogP contribution in [0.5, 0.6) is 0 Å². The van der Waals surface area contributed by atoms with E-state index < -0.39 is 0 Å². The van der Waals surface area contributed by atoms with E-state index in [0.717, 1.165) is 46.6 Å². The number of para-hydroxylation sites is 1. The van der Waals surface area contributed by atoms with Crippen molar-refractivity contribution in [1.29, 1.82) is 0 Å². The number of nitrogens with zero attached hydrogens (tertiary/aromatic N) is 2. The van der Waals surface area contributed by atoms with Gasteiger partial charge in [0.05, 0.1) is 0 Å². The molecular weight excluding hydrogens is 484 g/mol. The van der Waals surface area contributed by atoms with Crippen molar-refractivity contribution in [1.82, 2.24) is 10.2 Å². The lowest BCUT2D eigenvalue weighted by Gasteiger charge is -2.35. The molecule has 0 atom stereocenters. The van der Waals surface area contributed by atoms with E-state index in [-0.39, 0.29) is 16.9 Å². The SMILES string of the molecule is Cc1ccc(C(=O)NC(=S)Nc2ccc(N3CCN(C(=O)c4cc5ccccc5o4)CC3)cc2)cc1C. The molecule has 0 saturated carbocycles. The number of anilines is 2. The van der Waals surface area contributed by atoms with Crippen molar-refractivity contribution < 1.29 is 14.0 Å². The van der Waals surface area contributed by atoms with E-state index in [1.807, 2.05) is 85.5 Å². The van der Waals surface area contributed by atoms with E-state index in [4.69, 9.17) is 16.6 Å². The van der Waals surface area contributed by atoms with Crippen LogP contribution in [0, 0.1) is 13.8 Å². The van der Waals surface area contributed by atoms with E-state index >= 15 is 0 Å². The molecule has 1 aromatic heterocycles. The van der Waals surface area contributed by atoms with Gasteiger partial charge in [0, 0.05) is 48.5 Å². The molecule has 37 heavy (non-hydrogen) atoms. The van der Waals surface area contributed by atoms with Crippen molar-refractivity contribution in [3.8, 4) is 0 Å². The monoisotopic (exact) mass is 512 g/mol. The molecule has 0 spiro atoms. The topological polar surface area (TPSA) is 77.8 Å². The van der Waals surface area contributed by atoms with Crippen LogP contribution >= 0.6 is 12.2 Å². The molecule has 5 rings (SSSR count). The second-order valence-electron chi connectivity index (χ2n) is 9.18. The zero-order valence-corrected chi connectivity index (χ0v) is 21.6. The average molecular weight is 513 g/mol. The van der Waals surface area contributed by atoms with Gasteiger partial charge in [-0.05, 0) is 85.7 Å². The van der Waals surface area contributed by atoms with E-state index in [1.54, 1.807) is 6.07 Å². The van der Waals surface area contributed by atoms with Crippen LogP contribution < -0.4 is 15.5 Å². The van der Waals surface area contributed by atoms with Crippen LogP contribution in [0.15, 0.2) is 77.2 Å². The number of aryl methyl sites for hydroxylation is 2. The highest BCUT2D eigenvalue weighted by molar-refractivity contribution is 7.80. The van der Waals surface area contributed by atoms with Crippen LogP contribution in [0.4, 0.5) is 11.4 Å². The highest BCUT2D eigenvalue weighted by Crippen LogP contribution is 2.23. The van der Waals surface area contributed by atoms with Crippen LogP contribution in [0.2, 0.25) is 0 Å². The maximum absolute atomic E-state index is 12.9. The summed E-state index contributed by atoms with van der Waals surface area (Å²) in [6, 6.07) is 22.9. The number of amides is 2. The van der Waals surface area contributed by atoms with Crippen molar-refractivity contribution in [2.75, 3.05) is 36.4 Å². The van der Waals surface area contributed by atoms with Gasteiger partial charge in [0.2, 0.25) is 0 Å². The molecule has 0 unspecified atom stereocenters. The summed E-state index contributed by atoms with van der Waals surface area (Å²) in [5, 5.41) is 6.98. The lowest BCUT2D eigenvalue weighted by Crippen LogP contribution is -2.48. The number of rotatable bonds is 4. The lowest BCUT2D eigenvalue weighted by molar-refractivity contribution is 0.0717. The van der Waals surface area contributed by atoms with Gasteiger partial charge in [-0.15, -0.1) is 0 Å². The molecule has 3 aromatic carbocycles. The smallest absolute Gasteiger partial charge is 0.289 e. The number of hydrogen-bond donors (Lipinski definition) is 2. The molecule has 2 heterocycles. The van der Waals surface area contributed by atoms with E-state index in [1.165, 1.54) is 0 Å². The first-order valence-electron chi connectivity index (χ1n) is 12.2. The predicted molar refractivity (Wildman–Crippen MR) is 150 cm³/mol. The molecule has 1 aliphatic heterocycles. The normalized spacial score (nSPS) is 13.5. The van der Waals surface area contributed by atoms with Gasteiger partial charge >= 0.3 is 0 Å². The Bertz CT molecular complexity index is 1440. The van der Waals surface area contributed by atoms with E-state index in [2.05, 4.69) is 15.5 Å². The minimum Gasteiger partial charge on any atom is -0.451 e. The summed E-state index contributed by atoms with van der Waals surface area (Å²) in [7, 11) is 0. The number of fused-ring (bicyclic) bond motifs is 1. The number of thiocarbonyl (C=S) groups is 1. The molecule has 2 amide bonds. The molecule has 4 aromatic rings. The molecule has 0 aliphatic carbocycles. The second-order valence-corrected chi connectivity index (χ2v) is 9.59. The van der Waals surface area contributed by atoms with Gasteiger partial charge in [0.1, 0.15) is 5.58 Å². The van der Waals surface area contributed by atoms with Crippen molar-refractivity contribution in [3.63, 3.8) is 0 Å². The van der Waals surface area contributed by atoms with Gasteiger partial charge in [0.25, 0.3) is 11.8 Å². The second kappa shape index (κ2) is 10.4. The number of nitrogens with one attached hydrogen (secondary N) is 2. The molecule has 1 fully saturated rings. The maximum atomic E-state index is 12.9. The number of carbonyl (C=O) groups is 2. The van der Waals surface area contributed by atoms with Gasteiger partial charge in [-0.1, -0.05) is 24.3 Å². The minimum atomic E-state index is -0.243. The van der Waals surface area contributed by atoms with Gasteiger partial charge in [-0.3, -0.25) is 14.9 Å². The maximum Gasteiger partial charge on any atom is 0.289 e. The lowest BCUT2D eigenvalue weighted by atomic mass is 10.1. The van der Waals surface area contributed by atoms with Gasteiger partial charge in [-0.25, -0.2) is 0 Å². The third kappa shape index (κ3) is 5.49. The summed E-state index contributed by atoms with van der Waals surface area (Å²) >= 11 is 5.33. The molecule has 0 bridgehead atoms. The van der Waals surface area contributed by atoms with Gasteiger partial charge in [-0.2, -0.15) is 0 Å². The number of piperazine rings is 1. The van der Waals surface area contributed by atoms with Crippen molar-refractivity contribution >= 4 is 51.5 Å². The Morgan fingerprint density at radius 3 is 2.30 bits per heavy atom. The molecule has 1 aliphatic rings. The first-order chi connectivity index (χ1) is 17.9. The first kappa shape index (κ1) is 24.5. The molecule has 8 heteroatoms. The summed E-state index contributed by atoms with van der Waals surface area (Å²) in [6.07, 6.45) is 0. The zero-order chi connectivity index (χ0) is 25.9. The van der Waals surface area contributed by atoms with Crippen LogP contribution in [0.1, 0.15) is 32.0 Å². The Kier molecular flexibility index (Phi) is 6.92.